The number of piperazine rings is 1. The number of fused-ring (bicyclic) bond motifs is 5. The molecule has 3 aliphatic rings. The van der Waals surface area contributed by atoms with Crippen molar-refractivity contribution in [1.82, 2.24) is 24.4 Å². The monoisotopic (exact) mass is 718 g/mol. The third-order valence-electron chi connectivity index (χ3n) is 9.59. The van der Waals surface area contributed by atoms with E-state index in [0.29, 0.717) is 29.5 Å². The van der Waals surface area contributed by atoms with Crippen molar-refractivity contribution in [1.29, 1.82) is 0 Å². The van der Waals surface area contributed by atoms with Crippen LogP contribution in [0.2, 0.25) is 0 Å². The van der Waals surface area contributed by atoms with Crippen molar-refractivity contribution in [2.24, 2.45) is 5.92 Å². The first kappa shape index (κ1) is 35.7. The minimum atomic E-state index is -1.27. The van der Waals surface area contributed by atoms with Gasteiger partial charge in [0.25, 0.3) is 0 Å². The highest BCUT2D eigenvalue weighted by Crippen LogP contribution is 2.41. The fraction of sp³-hybridized carbons (Fsp3) is 0.500. The minimum absolute atomic E-state index is 0.00883. The van der Waals surface area contributed by atoms with E-state index >= 15 is 8.78 Å². The lowest BCUT2D eigenvalue weighted by Crippen LogP contribution is -2.55. The number of benzene rings is 1. The molecule has 52 heavy (non-hydrogen) atoms. The van der Waals surface area contributed by atoms with E-state index in [1.807, 2.05) is 25.7 Å². The quantitative estimate of drug-likeness (QED) is 0.266. The minimum Gasteiger partial charge on any atom is -0.490 e. The highest BCUT2D eigenvalue weighted by molar-refractivity contribution is 5.91. The molecule has 1 aromatic carbocycles. The van der Waals surface area contributed by atoms with Crippen LogP contribution in [0.1, 0.15) is 77.7 Å². The second-order valence-electron chi connectivity index (χ2n) is 15.2. The smallest absolute Gasteiger partial charge is 0.410 e. The van der Waals surface area contributed by atoms with Gasteiger partial charge in [-0.25, -0.2) is 27.9 Å². The van der Waals surface area contributed by atoms with E-state index in [2.05, 4.69) is 9.97 Å². The van der Waals surface area contributed by atoms with E-state index in [1.54, 1.807) is 37.9 Å². The number of pyridine rings is 2. The molecule has 2 fully saturated rings. The van der Waals surface area contributed by atoms with Crippen LogP contribution in [0.25, 0.3) is 28.0 Å². The van der Waals surface area contributed by atoms with Crippen molar-refractivity contribution in [3.63, 3.8) is 0 Å². The predicted molar refractivity (Wildman–Crippen MR) is 190 cm³/mol. The number of anilines is 1. The molecule has 1 N–H and O–H groups in total. The normalized spacial score (nSPS) is 20.6. The number of carbonyl (C=O) groups is 1. The molecular formula is C38H44F2N6O6. The Morgan fingerprint density at radius 2 is 1.88 bits per heavy atom. The molecular weight excluding hydrogens is 674 g/mol. The van der Waals surface area contributed by atoms with Crippen molar-refractivity contribution >= 4 is 22.9 Å². The number of hydrogen-bond donors (Lipinski definition) is 1. The van der Waals surface area contributed by atoms with Gasteiger partial charge in [-0.05, 0) is 76.6 Å². The zero-order chi connectivity index (χ0) is 37.1. The Kier molecular flexibility index (Phi) is 9.40. The molecule has 5 heterocycles. The van der Waals surface area contributed by atoms with Gasteiger partial charge < -0.3 is 29.1 Å². The van der Waals surface area contributed by atoms with Crippen LogP contribution in [-0.2, 0) is 9.47 Å². The molecule has 1 saturated carbocycles. The Balaban J connectivity index is 1.48. The zero-order valence-electron chi connectivity index (χ0n) is 30.2. The van der Waals surface area contributed by atoms with Crippen LogP contribution in [-0.4, -0.2) is 86.2 Å². The SMILES string of the molecule is CC(C)c1nccc2c1-n1c(=O)nc(N3CCN(C(=O)OC(C)(C)C)C[C@@H]3C)c3cc(F)c(nc31)-c1c(F)cccc1OCC(O)C2OCC1CC1. The summed E-state index contributed by atoms with van der Waals surface area (Å²) >= 11 is 0. The molecule has 14 heteroatoms. The van der Waals surface area contributed by atoms with Crippen LogP contribution in [0.5, 0.6) is 5.75 Å². The molecule has 2 unspecified atom stereocenters. The average molecular weight is 719 g/mol. The predicted octanol–water partition coefficient (Wildman–Crippen LogP) is 5.91. The van der Waals surface area contributed by atoms with E-state index < -0.39 is 41.2 Å². The summed E-state index contributed by atoms with van der Waals surface area (Å²) < 4.78 is 51.5. The lowest BCUT2D eigenvalue weighted by molar-refractivity contribution is -0.0591. The number of nitrogens with zero attached hydrogens (tertiary/aromatic N) is 6. The fourth-order valence-electron chi connectivity index (χ4n) is 6.90. The van der Waals surface area contributed by atoms with Crippen molar-refractivity contribution in [2.45, 2.75) is 84.2 Å². The van der Waals surface area contributed by atoms with Crippen molar-refractivity contribution in [3.8, 4) is 22.7 Å². The average Bonchev–Trinajstić information content (AvgIpc) is 3.91. The Morgan fingerprint density at radius 3 is 2.58 bits per heavy atom. The van der Waals surface area contributed by atoms with Gasteiger partial charge in [-0.2, -0.15) is 4.98 Å². The zero-order valence-corrected chi connectivity index (χ0v) is 30.2. The maximum atomic E-state index is 16.5. The highest BCUT2D eigenvalue weighted by atomic mass is 19.1. The summed E-state index contributed by atoms with van der Waals surface area (Å²) in [6.45, 7) is 11.9. The molecule has 4 aromatic rings. The standard InChI is InChI=1S/C38H44F2N6O6/c1-20(2)30-32-23(12-13-41-30)33(51-18-22-10-11-22)27(47)19-50-28-9-7-8-25(39)29(28)31-26(40)16-24-34(43-36(48)46(32)35(24)42-31)45-15-14-44(17-21(45)3)37(49)52-38(4,5)6/h7-9,12-13,16,20-22,27,33,47H,10-11,14-15,17-19H2,1-6H3/t21-,27?,33?/m0/s1. The lowest BCUT2D eigenvalue weighted by Gasteiger charge is -2.41. The Labute approximate surface area is 300 Å². The summed E-state index contributed by atoms with van der Waals surface area (Å²) in [4.78, 5) is 44.9. The third-order valence-corrected chi connectivity index (χ3v) is 9.59. The molecule has 2 aliphatic heterocycles. The number of aliphatic hydroxyl groups is 1. The molecule has 3 atom stereocenters. The molecule has 3 aromatic heterocycles. The number of aromatic nitrogens is 4. The first-order valence-corrected chi connectivity index (χ1v) is 17.8. The van der Waals surface area contributed by atoms with E-state index in [-0.39, 0.29) is 72.1 Å². The summed E-state index contributed by atoms with van der Waals surface area (Å²) in [5, 5.41) is 11.9. The lowest BCUT2D eigenvalue weighted by atomic mass is 9.97. The van der Waals surface area contributed by atoms with Crippen molar-refractivity contribution in [2.75, 3.05) is 37.7 Å². The molecule has 0 radical (unpaired) electrons. The number of aliphatic hydroxyl groups excluding tert-OH is 1. The summed E-state index contributed by atoms with van der Waals surface area (Å²) in [6, 6.07) is 6.63. The van der Waals surface area contributed by atoms with Crippen LogP contribution in [0.3, 0.4) is 0 Å². The second-order valence-corrected chi connectivity index (χ2v) is 15.2. The first-order chi connectivity index (χ1) is 24.7. The summed E-state index contributed by atoms with van der Waals surface area (Å²) in [5.74, 6) is -1.40. The van der Waals surface area contributed by atoms with E-state index in [9.17, 15) is 14.7 Å². The van der Waals surface area contributed by atoms with Crippen LogP contribution in [0.15, 0.2) is 41.3 Å². The highest BCUT2D eigenvalue weighted by Gasteiger charge is 2.36. The van der Waals surface area contributed by atoms with Gasteiger partial charge >= 0.3 is 11.8 Å². The second kappa shape index (κ2) is 13.7. The molecule has 1 aliphatic carbocycles. The topological polar surface area (TPSA) is 132 Å². The Bertz CT molecular complexity index is 2080. The summed E-state index contributed by atoms with van der Waals surface area (Å²) in [7, 11) is 0. The van der Waals surface area contributed by atoms with Gasteiger partial charge in [0, 0.05) is 37.4 Å². The molecule has 1 saturated heterocycles. The van der Waals surface area contributed by atoms with Crippen molar-refractivity contribution in [3.05, 3.63) is 69.9 Å². The van der Waals surface area contributed by atoms with E-state index in [0.717, 1.165) is 12.8 Å². The molecule has 1 amide bonds. The van der Waals surface area contributed by atoms with Gasteiger partial charge in [-0.1, -0.05) is 19.9 Å². The molecule has 2 bridgehead atoms. The van der Waals surface area contributed by atoms with Crippen LogP contribution in [0, 0.1) is 17.6 Å². The van der Waals surface area contributed by atoms with Crippen molar-refractivity contribution < 1.29 is 32.9 Å². The fourth-order valence-corrected chi connectivity index (χ4v) is 6.90. The Morgan fingerprint density at radius 1 is 1.12 bits per heavy atom. The number of halogens is 2. The number of carbonyl (C=O) groups excluding carboxylic acids is 1. The van der Waals surface area contributed by atoms with Gasteiger partial charge in [0.05, 0.1) is 28.9 Å². The van der Waals surface area contributed by atoms with Crippen LogP contribution < -0.4 is 15.3 Å². The number of amides is 1. The maximum Gasteiger partial charge on any atom is 0.410 e. The van der Waals surface area contributed by atoms with Gasteiger partial charge in [0.1, 0.15) is 47.5 Å². The van der Waals surface area contributed by atoms with Gasteiger partial charge in [0.15, 0.2) is 11.5 Å². The van der Waals surface area contributed by atoms with Gasteiger partial charge in [-0.15, -0.1) is 0 Å². The van der Waals surface area contributed by atoms with Gasteiger partial charge in [-0.3, -0.25) is 4.98 Å². The molecule has 7 rings (SSSR count). The van der Waals surface area contributed by atoms with Gasteiger partial charge in [0.2, 0.25) is 0 Å². The van der Waals surface area contributed by atoms with Crippen LogP contribution >= 0.6 is 0 Å². The molecule has 12 nitrogen and oxygen atoms in total. The summed E-state index contributed by atoms with van der Waals surface area (Å²) in [6.07, 6.45) is 0.905. The van der Waals surface area contributed by atoms with Crippen LogP contribution in [0.4, 0.5) is 19.4 Å². The number of ether oxygens (including phenoxy) is 3. The van der Waals surface area contributed by atoms with E-state index in [1.165, 1.54) is 28.8 Å². The Hall–Kier alpha value is -4.69. The molecule has 0 spiro atoms. The summed E-state index contributed by atoms with van der Waals surface area (Å²) in [5.41, 5.74) is -0.771. The number of rotatable bonds is 5. The number of hydrogen-bond acceptors (Lipinski definition) is 10. The third kappa shape index (κ3) is 6.81. The first-order valence-electron chi connectivity index (χ1n) is 17.8. The largest absolute Gasteiger partial charge is 0.490 e. The molecule has 276 valence electrons. The van der Waals surface area contributed by atoms with E-state index in [4.69, 9.17) is 19.2 Å². The maximum absolute atomic E-state index is 16.5.